The maximum absolute atomic E-state index is 9.78. The lowest BCUT2D eigenvalue weighted by Crippen LogP contribution is -2.35. The molecule has 0 aliphatic rings. The van der Waals surface area contributed by atoms with Gasteiger partial charge in [-0.3, -0.25) is 14.7 Å². The Morgan fingerprint density at radius 3 is 2.85 bits per heavy atom. The molecule has 4 N–H and O–H groups in total. The largest absolute Gasteiger partial charge is 0.383 e. The van der Waals surface area contributed by atoms with Crippen LogP contribution >= 0.6 is 0 Å². The first-order chi connectivity index (χ1) is 13.1. The Balaban J connectivity index is 1.72. The maximum Gasteiger partial charge on any atom is 0.135 e. The Hall–Kier alpha value is -2.97. The monoisotopic (exact) mass is 365 g/mol. The fraction of sp³-hybridized carbons (Fsp3) is 0.316. The van der Waals surface area contributed by atoms with E-state index in [-0.39, 0.29) is 0 Å². The first-order valence-corrected chi connectivity index (χ1v) is 9.05. The molecular formula is C19H23N7O. The Labute approximate surface area is 156 Å². The molecule has 0 aliphatic heterocycles. The lowest BCUT2D eigenvalue weighted by molar-refractivity contribution is 0.0197. The van der Waals surface area contributed by atoms with E-state index in [1.807, 2.05) is 47.0 Å². The van der Waals surface area contributed by atoms with E-state index in [2.05, 4.69) is 15.2 Å². The first kappa shape index (κ1) is 17.4. The third-order valence-corrected chi connectivity index (χ3v) is 4.89. The summed E-state index contributed by atoms with van der Waals surface area (Å²) in [6.45, 7) is 5.95. The number of rotatable bonds is 6. The number of hydrogen-bond acceptors (Lipinski definition) is 6. The molecule has 140 valence electrons. The fourth-order valence-electron chi connectivity index (χ4n) is 3.36. The number of aliphatic hydroxyl groups excluding tert-OH is 1. The van der Waals surface area contributed by atoms with Gasteiger partial charge in [0.1, 0.15) is 17.6 Å². The molecule has 0 fully saturated rings. The minimum absolute atomic E-state index is 0.466. The molecule has 3 aromatic heterocycles. The predicted molar refractivity (Wildman–Crippen MR) is 106 cm³/mol. The molecule has 0 aliphatic carbocycles. The molecule has 0 bridgehead atoms. The van der Waals surface area contributed by atoms with Crippen LogP contribution in [0.3, 0.4) is 0 Å². The van der Waals surface area contributed by atoms with E-state index in [4.69, 9.17) is 10.8 Å². The zero-order valence-corrected chi connectivity index (χ0v) is 15.4. The van der Waals surface area contributed by atoms with E-state index in [1.165, 1.54) is 0 Å². The van der Waals surface area contributed by atoms with Gasteiger partial charge in [-0.2, -0.15) is 10.2 Å². The molecule has 0 saturated heterocycles. The van der Waals surface area contributed by atoms with Crippen molar-refractivity contribution in [3.8, 4) is 11.3 Å². The average Bonchev–Trinajstić information content (AvgIpc) is 3.32. The highest BCUT2D eigenvalue weighted by Crippen LogP contribution is 2.29. The van der Waals surface area contributed by atoms with Crippen LogP contribution in [0.15, 0.2) is 36.7 Å². The van der Waals surface area contributed by atoms with Gasteiger partial charge in [0.05, 0.1) is 23.1 Å². The van der Waals surface area contributed by atoms with Gasteiger partial charge in [-0.15, -0.1) is 0 Å². The third kappa shape index (κ3) is 3.24. The molecule has 1 unspecified atom stereocenters. The average molecular weight is 365 g/mol. The number of aliphatic hydroxyl groups is 1. The highest BCUT2D eigenvalue weighted by atomic mass is 16.3. The highest BCUT2D eigenvalue weighted by molar-refractivity contribution is 6.08. The second-order valence-corrected chi connectivity index (χ2v) is 6.61. The van der Waals surface area contributed by atoms with E-state index in [0.29, 0.717) is 18.9 Å². The van der Waals surface area contributed by atoms with E-state index in [1.54, 1.807) is 13.1 Å². The van der Waals surface area contributed by atoms with Crippen LogP contribution in [0.2, 0.25) is 0 Å². The van der Waals surface area contributed by atoms with Crippen molar-refractivity contribution in [3.63, 3.8) is 0 Å². The molecular weight excluding hydrogens is 342 g/mol. The van der Waals surface area contributed by atoms with Crippen molar-refractivity contribution in [2.45, 2.75) is 26.6 Å². The van der Waals surface area contributed by atoms with E-state index >= 15 is 0 Å². The van der Waals surface area contributed by atoms with Crippen molar-refractivity contribution in [1.82, 2.24) is 29.9 Å². The minimum Gasteiger partial charge on any atom is -0.383 e. The topological polar surface area (TPSA) is 109 Å². The SMILES string of the molecule is CCN(CCn1cc2c(N)nc3cc(-c4ccn[nH]4)ccc3c2n1)C(C)O. The van der Waals surface area contributed by atoms with Crippen molar-refractivity contribution in [2.75, 3.05) is 18.8 Å². The number of benzene rings is 1. The maximum atomic E-state index is 9.78. The van der Waals surface area contributed by atoms with Crippen molar-refractivity contribution >= 4 is 27.6 Å². The standard InChI is InChI=1S/C19H23N7O/c1-3-25(12(2)27)8-9-26-11-15-18(24-26)14-5-4-13(16-6-7-21-23-16)10-17(14)22-19(15)20/h4-7,10-12,27H,3,8-9H2,1-2H3,(H2,20,22)(H,21,23). The Kier molecular flexibility index (Phi) is 4.51. The Morgan fingerprint density at radius 2 is 2.15 bits per heavy atom. The molecule has 27 heavy (non-hydrogen) atoms. The summed E-state index contributed by atoms with van der Waals surface area (Å²) in [6, 6.07) is 7.95. The van der Waals surface area contributed by atoms with Gasteiger partial charge in [0.15, 0.2) is 0 Å². The fourth-order valence-corrected chi connectivity index (χ4v) is 3.36. The van der Waals surface area contributed by atoms with Gasteiger partial charge in [-0.1, -0.05) is 13.0 Å². The minimum atomic E-state index is -0.478. The summed E-state index contributed by atoms with van der Waals surface area (Å²) < 4.78 is 1.87. The Bertz CT molecular complexity index is 1070. The van der Waals surface area contributed by atoms with Gasteiger partial charge < -0.3 is 10.8 Å². The lowest BCUT2D eigenvalue weighted by atomic mass is 10.1. The zero-order chi connectivity index (χ0) is 19.0. The van der Waals surface area contributed by atoms with Crippen LogP contribution in [0.1, 0.15) is 13.8 Å². The molecule has 0 radical (unpaired) electrons. The number of H-pyrrole nitrogens is 1. The first-order valence-electron chi connectivity index (χ1n) is 9.05. The van der Waals surface area contributed by atoms with Gasteiger partial charge in [0.25, 0.3) is 0 Å². The van der Waals surface area contributed by atoms with Crippen molar-refractivity contribution in [3.05, 3.63) is 36.7 Å². The van der Waals surface area contributed by atoms with Crippen LogP contribution in [0, 0.1) is 0 Å². The summed E-state index contributed by atoms with van der Waals surface area (Å²) in [5, 5.41) is 23.3. The number of nitrogens with zero attached hydrogens (tertiary/aromatic N) is 5. The normalized spacial score (nSPS) is 13.0. The smallest absolute Gasteiger partial charge is 0.135 e. The summed E-state index contributed by atoms with van der Waals surface area (Å²) in [7, 11) is 0. The summed E-state index contributed by atoms with van der Waals surface area (Å²) in [5.41, 5.74) is 9.78. The number of anilines is 1. The molecule has 0 saturated carbocycles. The Morgan fingerprint density at radius 1 is 1.30 bits per heavy atom. The van der Waals surface area contributed by atoms with Crippen molar-refractivity contribution in [1.29, 1.82) is 0 Å². The van der Waals surface area contributed by atoms with Crippen molar-refractivity contribution in [2.24, 2.45) is 0 Å². The number of aromatic nitrogens is 5. The number of pyridine rings is 1. The van der Waals surface area contributed by atoms with Crippen molar-refractivity contribution < 1.29 is 5.11 Å². The van der Waals surface area contributed by atoms with Gasteiger partial charge in [-0.05, 0) is 31.7 Å². The highest BCUT2D eigenvalue weighted by Gasteiger charge is 2.13. The number of nitrogens with one attached hydrogen (secondary N) is 1. The molecule has 3 heterocycles. The predicted octanol–water partition coefficient (Wildman–Crippen LogP) is 2.22. The number of fused-ring (bicyclic) bond motifs is 3. The molecule has 1 atom stereocenters. The second kappa shape index (κ2) is 6.98. The quantitative estimate of drug-likeness (QED) is 0.452. The molecule has 8 heteroatoms. The van der Waals surface area contributed by atoms with Crippen LogP contribution in [0.4, 0.5) is 5.82 Å². The molecule has 4 rings (SSSR count). The lowest BCUT2D eigenvalue weighted by Gasteiger charge is -2.23. The second-order valence-electron chi connectivity index (χ2n) is 6.61. The van der Waals surface area contributed by atoms with E-state index < -0.39 is 6.23 Å². The third-order valence-electron chi connectivity index (χ3n) is 4.89. The molecule has 1 aromatic carbocycles. The van der Waals surface area contributed by atoms with Gasteiger partial charge in [0, 0.05) is 29.9 Å². The summed E-state index contributed by atoms with van der Waals surface area (Å²) in [6.07, 6.45) is 3.17. The van der Waals surface area contributed by atoms with Crippen LogP contribution in [-0.4, -0.2) is 54.3 Å². The van der Waals surface area contributed by atoms with Gasteiger partial charge >= 0.3 is 0 Å². The van der Waals surface area contributed by atoms with E-state index in [0.717, 1.165) is 39.6 Å². The van der Waals surface area contributed by atoms with Crippen LogP contribution in [0.5, 0.6) is 0 Å². The molecule has 0 amide bonds. The van der Waals surface area contributed by atoms with Crippen LogP contribution < -0.4 is 5.73 Å². The van der Waals surface area contributed by atoms with Crippen LogP contribution in [0.25, 0.3) is 33.1 Å². The summed E-state index contributed by atoms with van der Waals surface area (Å²) in [4.78, 5) is 6.54. The number of hydrogen-bond donors (Lipinski definition) is 3. The molecule has 4 aromatic rings. The summed E-state index contributed by atoms with van der Waals surface area (Å²) in [5.74, 6) is 0.466. The van der Waals surface area contributed by atoms with Gasteiger partial charge in [0.2, 0.25) is 0 Å². The van der Waals surface area contributed by atoms with Crippen LogP contribution in [-0.2, 0) is 6.54 Å². The number of aromatic amines is 1. The summed E-state index contributed by atoms with van der Waals surface area (Å²) >= 11 is 0. The number of nitrogens with two attached hydrogens (primary N) is 1. The number of nitrogen functional groups attached to an aromatic ring is 1. The molecule has 8 nitrogen and oxygen atoms in total. The van der Waals surface area contributed by atoms with E-state index in [9.17, 15) is 5.11 Å². The molecule has 0 spiro atoms. The van der Waals surface area contributed by atoms with Gasteiger partial charge in [-0.25, -0.2) is 4.98 Å². The zero-order valence-electron chi connectivity index (χ0n) is 15.4. The number of likely N-dealkylation sites (N-methyl/N-ethyl adjacent to an activating group) is 1.